The van der Waals surface area contributed by atoms with E-state index in [4.69, 9.17) is 4.42 Å². The summed E-state index contributed by atoms with van der Waals surface area (Å²) in [5, 5.41) is 6.95. The van der Waals surface area contributed by atoms with Gasteiger partial charge in [0.1, 0.15) is 16.9 Å². The van der Waals surface area contributed by atoms with Crippen LogP contribution in [0.4, 0.5) is 0 Å². The van der Waals surface area contributed by atoms with Crippen molar-refractivity contribution in [2.75, 3.05) is 0 Å². The summed E-state index contributed by atoms with van der Waals surface area (Å²) >= 11 is 1.56. The second-order valence-electron chi connectivity index (χ2n) is 5.75. The van der Waals surface area contributed by atoms with Crippen molar-refractivity contribution in [3.8, 4) is 0 Å². The smallest absolute Gasteiger partial charge is 0.336 e. The molecular weight excluding hydrogens is 336 g/mol. The van der Waals surface area contributed by atoms with Crippen molar-refractivity contribution in [3.05, 3.63) is 58.3 Å². The van der Waals surface area contributed by atoms with Crippen LogP contribution in [0.3, 0.4) is 0 Å². The molecule has 3 aromatic heterocycles. The van der Waals surface area contributed by atoms with Gasteiger partial charge in [0.15, 0.2) is 5.65 Å². The van der Waals surface area contributed by atoms with E-state index in [9.17, 15) is 4.79 Å². The van der Waals surface area contributed by atoms with E-state index in [1.54, 1.807) is 28.7 Å². The lowest BCUT2D eigenvalue weighted by molar-refractivity contribution is 0.559. The number of fused-ring (bicyclic) bond motifs is 2. The van der Waals surface area contributed by atoms with Gasteiger partial charge in [-0.3, -0.25) is 4.68 Å². The van der Waals surface area contributed by atoms with Crippen LogP contribution in [0, 0.1) is 0 Å². The third-order valence-electron chi connectivity index (χ3n) is 4.16. The van der Waals surface area contributed by atoms with Gasteiger partial charge in [-0.1, -0.05) is 19.1 Å². The van der Waals surface area contributed by atoms with Crippen molar-refractivity contribution >= 4 is 33.8 Å². The number of aromatic nitrogens is 4. The first-order valence-electron chi connectivity index (χ1n) is 7.97. The van der Waals surface area contributed by atoms with Gasteiger partial charge in [-0.15, -0.1) is 11.8 Å². The van der Waals surface area contributed by atoms with E-state index < -0.39 is 0 Å². The molecule has 0 bridgehead atoms. The summed E-state index contributed by atoms with van der Waals surface area (Å²) < 4.78 is 7.09. The first kappa shape index (κ1) is 15.8. The molecule has 0 saturated heterocycles. The average Bonchev–Trinajstić information content (AvgIpc) is 3.00. The second kappa shape index (κ2) is 6.33. The van der Waals surface area contributed by atoms with Gasteiger partial charge < -0.3 is 4.42 Å². The Kier molecular flexibility index (Phi) is 4.01. The molecule has 6 nitrogen and oxygen atoms in total. The largest absolute Gasteiger partial charge is 0.423 e. The fraction of sp³-hybridized carbons (Fsp3) is 0.222. The highest BCUT2D eigenvalue weighted by Crippen LogP contribution is 2.29. The third-order valence-corrected chi connectivity index (χ3v) is 5.21. The van der Waals surface area contributed by atoms with Gasteiger partial charge in [0.05, 0.1) is 11.6 Å². The predicted octanol–water partition coefficient (Wildman–Crippen LogP) is 3.32. The van der Waals surface area contributed by atoms with Crippen LogP contribution in [0.5, 0.6) is 0 Å². The van der Waals surface area contributed by atoms with Crippen LogP contribution < -0.4 is 5.63 Å². The van der Waals surface area contributed by atoms with Crippen molar-refractivity contribution in [2.45, 2.75) is 24.1 Å². The predicted molar refractivity (Wildman–Crippen MR) is 97.7 cm³/mol. The molecule has 0 amide bonds. The van der Waals surface area contributed by atoms with E-state index in [1.165, 1.54) is 6.33 Å². The number of benzene rings is 1. The molecule has 0 aliphatic heterocycles. The number of nitrogens with zero attached hydrogens (tertiary/aromatic N) is 4. The first-order chi connectivity index (χ1) is 12.2. The van der Waals surface area contributed by atoms with Crippen LogP contribution in [0.2, 0.25) is 0 Å². The van der Waals surface area contributed by atoms with E-state index in [0.29, 0.717) is 11.3 Å². The van der Waals surface area contributed by atoms with E-state index >= 15 is 0 Å². The van der Waals surface area contributed by atoms with Crippen molar-refractivity contribution in [1.82, 2.24) is 19.7 Å². The lowest BCUT2D eigenvalue weighted by atomic mass is 10.1. The monoisotopic (exact) mass is 352 g/mol. The summed E-state index contributed by atoms with van der Waals surface area (Å²) in [7, 11) is 1.85. The first-order valence-corrected chi connectivity index (χ1v) is 8.95. The molecule has 0 aliphatic carbocycles. The molecular formula is C18H16N4O2S. The topological polar surface area (TPSA) is 73.8 Å². The Hall–Kier alpha value is -2.67. The normalized spacial score (nSPS) is 11.4. The summed E-state index contributed by atoms with van der Waals surface area (Å²) in [5.74, 6) is 0.620. The number of aryl methyl sites for hydroxylation is 2. The Balaban J connectivity index is 1.72. The van der Waals surface area contributed by atoms with Crippen molar-refractivity contribution in [2.24, 2.45) is 7.05 Å². The summed E-state index contributed by atoms with van der Waals surface area (Å²) in [6.45, 7) is 2.08. The lowest BCUT2D eigenvalue weighted by Crippen LogP contribution is -2.00. The van der Waals surface area contributed by atoms with Crippen molar-refractivity contribution in [1.29, 1.82) is 0 Å². The minimum atomic E-state index is -0.328. The Morgan fingerprint density at radius 1 is 1.20 bits per heavy atom. The molecule has 0 N–H and O–H groups in total. The Labute approximate surface area is 147 Å². The molecule has 126 valence electrons. The highest BCUT2D eigenvalue weighted by molar-refractivity contribution is 7.98. The number of rotatable bonds is 4. The molecule has 0 radical (unpaired) electrons. The van der Waals surface area contributed by atoms with Gasteiger partial charge in [0.25, 0.3) is 0 Å². The molecule has 3 heterocycles. The Bertz CT molecular complexity index is 1130. The minimum absolute atomic E-state index is 0.328. The highest BCUT2D eigenvalue weighted by Gasteiger charge is 2.11. The zero-order valence-corrected chi connectivity index (χ0v) is 14.7. The lowest BCUT2D eigenvalue weighted by Gasteiger charge is -2.07. The quantitative estimate of drug-likeness (QED) is 0.319. The molecule has 1 aromatic carbocycles. The Morgan fingerprint density at radius 2 is 2.08 bits per heavy atom. The van der Waals surface area contributed by atoms with E-state index in [-0.39, 0.29) is 5.63 Å². The number of hydrogen-bond donors (Lipinski definition) is 0. The molecule has 0 spiro atoms. The maximum absolute atomic E-state index is 11.9. The number of hydrogen-bond acceptors (Lipinski definition) is 6. The molecule has 0 saturated carbocycles. The number of thioether (sulfide) groups is 1. The van der Waals surface area contributed by atoms with Crippen LogP contribution in [0.15, 0.2) is 51.0 Å². The third kappa shape index (κ3) is 2.91. The molecule has 0 unspecified atom stereocenters. The van der Waals surface area contributed by atoms with Gasteiger partial charge in [-0.25, -0.2) is 14.8 Å². The van der Waals surface area contributed by atoms with Crippen LogP contribution in [0.25, 0.3) is 22.0 Å². The molecule has 0 aliphatic rings. The molecule has 0 atom stereocenters. The summed E-state index contributed by atoms with van der Waals surface area (Å²) in [5.41, 5.74) is 3.19. The van der Waals surface area contributed by atoms with Crippen LogP contribution in [-0.2, 0) is 19.2 Å². The second-order valence-corrected chi connectivity index (χ2v) is 6.71. The van der Waals surface area contributed by atoms with E-state index in [0.717, 1.165) is 39.0 Å². The fourth-order valence-electron chi connectivity index (χ4n) is 2.82. The molecule has 4 rings (SSSR count). The maximum atomic E-state index is 11.9. The zero-order valence-electron chi connectivity index (χ0n) is 13.9. The van der Waals surface area contributed by atoms with Gasteiger partial charge in [-0.05, 0) is 23.6 Å². The van der Waals surface area contributed by atoms with Crippen molar-refractivity contribution in [3.63, 3.8) is 0 Å². The van der Waals surface area contributed by atoms with Gasteiger partial charge in [-0.2, -0.15) is 5.10 Å². The Morgan fingerprint density at radius 3 is 2.92 bits per heavy atom. The van der Waals surface area contributed by atoms with Crippen molar-refractivity contribution < 1.29 is 4.42 Å². The van der Waals surface area contributed by atoms with Crippen LogP contribution >= 0.6 is 11.8 Å². The SMILES string of the molecule is CCc1ccc2c(CSc3ncnc4c3cnn4C)cc(=O)oc2c1. The molecule has 7 heteroatoms. The standard InChI is InChI=1S/C18H16N4O2S/c1-3-11-4-5-13-12(7-16(23)24-15(13)6-11)9-25-18-14-8-21-22(2)17(14)19-10-20-18/h4-8,10H,3,9H2,1-2H3. The van der Waals surface area contributed by atoms with Crippen LogP contribution in [-0.4, -0.2) is 19.7 Å². The summed E-state index contributed by atoms with van der Waals surface area (Å²) in [6, 6.07) is 7.59. The van der Waals surface area contributed by atoms with Gasteiger partial charge >= 0.3 is 5.63 Å². The minimum Gasteiger partial charge on any atom is -0.423 e. The summed E-state index contributed by atoms with van der Waals surface area (Å²) in [4.78, 5) is 20.5. The highest BCUT2D eigenvalue weighted by atomic mass is 32.2. The summed E-state index contributed by atoms with van der Waals surface area (Å²) in [6.07, 6.45) is 4.21. The molecule has 4 aromatic rings. The maximum Gasteiger partial charge on any atom is 0.336 e. The van der Waals surface area contributed by atoms with Gasteiger partial charge in [0.2, 0.25) is 0 Å². The van der Waals surface area contributed by atoms with Crippen LogP contribution in [0.1, 0.15) is 18.1 Å². The van der Waals surface area contributed by atoms with E-state index in [2.05, 4.69) is 28.1 Å². The van der Waals surface area contributed by atoms with E-state index in [1.807, 2.05) is 19.2 Å². The molecule has 25 heavy (non-hydrogen) atoms. The average molecular weight is 352 g/mol. The zero-order chi connectivity index (χ0) is 17.4. The van der Waals surface area contributed by atoms with Gasteiger partial charge in [0, 0.05) is 24.3 Å². The fourth-order valence-corrected chi connectivity index (χ4v) is 3.77. The molecule has 0 fully saturated rings.